The molecular weight excluding hydrogens is 452 g/mol. The van der Waals surface area contributed by atoms with Crippen molar-refractivity contribution in [1.82, 2.24) is 0 Å². The molecule has 0 aromatic heterocycles. The molecule has 34 heavy (non-hydrogen) atoms. The predicted molar refractivity (Wildman–Crippen MR) is 115 cm³/mol. The molecule has 182 valence electrons. The zero-order valence-electron chi connectivity index (χ0n) is 17.9. The van der Waals surface area contributed by atoms with E-state index in [4.69, 9.17) is 14.2 Å². The summed E-state index contributed by atoms with van der Waals surface area (Å²) in [4.78, 5) is 23.9. The third-order valence-corrected chi connectivity index (χ3v) is 5.02. The molecule has 0 radical (unpaired) electrons. The Morgan fingerprint density at radius 2 is 1.65 bits per heavy atom. The lowest BCUT2D eigenvalue weighted by molar-refractivity contribution is -0.278. The second-order valence-electron chi connectivity index (χ2n) is 7.58. The van der Waals surface area contributed by atoms with Gasteiger partial charge in [0.25, 0.3) is 0 Å². The van der Waals surface area contributed by atoms with Gasteiger partial charge in [-0.1, -0.05) is 12.1 Å². The maximum Gasteiger partial charge on any atom is 0.330 e. The fourth-order valence-corrected chi connectivity index (χ4v) is 3.27. The summed E-state index contributed by atoms with van der Waals surface area (Å²) in [5, 5.41) is 59.6. The number of aliphatic hydroxyl groups is 3. The highest BCUT2D eigenvalue weighted by atomic mass is 16.7. The number of hydrogen-bond acceptors (Lipinski definition) is 11. The van der Waals surface area contributed by atoms with E-state index in [0.717, 1.165) is 25.1 Å². The van der Waals surface area contributed by atoms with E-state index in [2.05, 4.69) is 0 Å². The third-order valence-electron chi connectivity index (χ3n) is 5.02. The Bertz CT molecular complexity index is 1060. The number of carbonyl (C=O) groups excluding carboxylic acids is 2. The minimum absolute atomic E-state index is 0.0667. The van der Waals surface area contributed by atoms with Crippen LogP contribution in [-0.4, -0.2) is 79.7 Å². The van der Waals surface area contributed by atoms with E-state index in [0.29, 0.717) is 5.56 Å². The van der Waals surface area contributed by atoms with Crippen molar-refractivity contribution >= 4 is 17.8 Å². The fourth-order valence-electron chi connectivity index (χ4n) is 3.27. The molecule has 11 heteroatoms. The summed E-state index contributed by atoms with van der Waals surface area (Å²) in [6.07, 6.45) is -5.61. The molecule has 2 aromatic rings. The smallest absolute Gasteiger partial charge is 0.330 e. The number of hydrogen-bond donors (Lipinski definition) is 6. The van der Waals surface area contributed by atoms with Crippen molar-refractivity contribution in [2.24, 2.45) is 0 Å². The summed E-state index contributed by atoms with van der Waals surface area (Å²) in [6.45, 7) is 0.623. The standard InChI is InChI=1S/C23H24O11/c1-11(24)19-15(27)8-14(26)9-16(19)33-23-22(31)21(30)20(29)17(34-23)10-32-18(28)7-4-12-2-5-13(25)6-3-12/h2-9,17,20-23,25-27,29-31H,10H2,1H3/b7-4+/t17-,20-,21+,22-,23-/m1/s1. The Morgan fingerprint density at radius 1 is 0.971 bits per heavy atom. The number of aliphatic hydroxyl groups excluding tert-OH is 3. The molecule has 0 spiro atoms. The molecule has 1 aliphatic rings. The molecule has 2 aromatic carbocycles. The Labute approximate surface area is 193 Å². The van der Waals surface area contributed by atoms with Crippen molar-refractivity contribution < 1.29 is 54.4 Å². The van der Waals surface area contributed by atoms with Crippen molar-refractivity contribution in [1.29, 1.82) is 0 Å². The molecule has 6 N–H and O–H groups in total. The number of rotatable bonds is 7. The van der Waals surface area contributed by atoms with Crippen LogP contribution >= 0.6 is 0 Å². The lowest BCUT2D eigenvalue weighted by Crippen LogP contribution is -2.60. The molecule has 3 rings (SSSR count). The first kappa shape index (κ1) is 25.0. The van der Waals surface area contributed by atoms with Crippen LogP contribution in [-0.2, 0) is 14.3 Å². The van der Waals surface area contributed by atoms with Crippen molar-refractivity contribution in [2.45, 2.75) is 37.6 Å². The molecule has 1 heterocycles. The van der Waals surface area contributed by atoms with E-state index in [1.54, 1.807) is 12.1 Å². The summed E-state index contributed by atoms with van der Waals surface area (Å²) < 4.78 is 15.9. The first-order valence-electron chi connectivity index (χ1n) is 10.1. The van der Waals surface area contributed by atoms with E-state index in [9.17, 15) is 40.2 Å². The lowest BCUT2D eigenvalue weighted by Gasteiger charge is -2.40. The number of benzene rings is 2. The van der Waals surface area contributed by atoms with Gasteiger partial charge in [-0.25, -0.2) is 4.79 Å². The molecule has 0 amide bonds. The number of ketones is 1. The largest absolute Gasteiger partial charge is 0.508 e. The first-order valence-corrected chi connectivity index (χ1v) is 10.1. The van der Waals surface area contributed by atoms with Gasteiger partial charge in [-0.15, -0.1) is 0 Å². The van der Waals surface area contributed by atoms with Gasteiger partial charge in [0.05, 0.1) is 0 Å². The maximum absolute atomic E-state index is 12.0. The van der Waals surface area contributed by atoms with Gasteiger partial charge in [0.15, 0.2) is 5.78 Å². The van der Waals surface area contributed by atoms with Gasteiger partial charge in [-0.05, 0) is 30.7 Å². The molecule has 5 atom stereocenters. The Morgan fingerprint density at radius 3 is 2.29 bits per heavy atom. The van der Waals surface area contributed by atoms with E-state index in [1.165, 1.54) is 18.2 Å². The van der Waals surface area contributed by atoms with E-state index < -0.39 is 60.6 Å². The SMILES string of the molecule is CC(=O)c1c(O)cc(O)cc1O[C@@H]1O[C@H](COC(=O)/C=C/c2ccc(O)cc2)[C@@H](O)[C@H](O)[C@H]1O. The highest BCUT2D eigenvalue weighted by Gasteiger charge is 2.45. The van der Waals surface area contributed by atoms with E-state index in [1.807, 2.05) is 0 Å². The van der Waals surface area contributed by atoms with Crippen LogP contribution in [0.5, 0.6) is 23.0 Å². The van der Waals surface area contributed by atoms with Crippen LogP contribution in [0.15, 0.2) is 42.5 Å². The van der Waals surface area contributed by atoms with Crippen molar-refractivity contribution in [3.8, 4) is 23.0 Å². The Kier molecular flexibility index (Phi) is 7.74. The Hall–Kier alpha value is -3.64. The highest BCUT2D eigenvalue weighted by molar-refractivity contribution is 5.99. The zero-order chi connectivity index (χ0) is 25.0. The maximum atomic E-state index is 12.0. The van der Waals surface area contributed by atoms with Gasteiger partial charge in [0.2, 0.25) is 6.29 Å². The molecular formula is C23H24O11. The number of esters is 1. The summed E-state index contributed by atoms with van der Waals surface area (Å²) in [6, 6.07) is 7.95. The Balaban J connectivity index is 1.69. The summed E-state index contributed by atoms with van der Waals surface area (Å²) in [5.41, 5.74) is 0.322. The monoisotopic (exact) mass is 476 g/mol. The average molecular weight is 476 g/mol. The molecule has 11 nitrogen and oxygen atoms in total. The van der Waals surface area contributed by atoms with Gasteiger partial charge < -0.3 is 44.8 Å². The number of carbonyl (C=O) groups is 2. The molecule has 1 fully saturated rings. The van der Waals surface area contributed by atoms with Crippen LogP contribution in [0.3, 0.4) is 0 Å². The number of aromatic hydroxyl groups is 3. The summed E-state index contributed by atoms with van der Waals surface area (Å²) in [7, 11) is 0. The normalized spacial score (nSPS) is 24.6. The number of phenols is 3. The minimum atomic E-state index is -1.78. The first-order chi connectivity index (χ1) is 16.1. The predicted octanol–water partition coefficient (Wildman–Crippen LogP) is 0.449. The van der Waals surface area contributed by atoms with Gasteiger partial charge >= 0.3 is 5.97 Å². The van der Waals surface area contributed by atoms with Crippen LogP contribution in [0.4, 0.5) is 0 Å². The molecule has 0 unspecified atom stereocenters. The average Bonchev–Trinajstić information content (AvgIpc) is 2.77. The zero-order valence-corrected chi connectivity index (χ0v) is 17.9. The molecule has 0 bridgehead atoms. The second kappa shape index (κ2) is 10.5. The molecule has 1 saturated heterocycles. The van der Waals surface area contributed by atoms with Gasteiger partial charge in [-0.3, -0.25) is 4.79 Å². The van der Waals surface area contributed by atoms with Crippen LogP contribution in [0, 0.1) is 0 Å². The van der Waals surface area contributed by atoms with Crippen LogP contribution in [0.1, 0.15) is 22.8 Å². The molecule has 0 aliphatic carbocycles. The van der Waals surface area contributed by atoms with Crippen molar-refractivity contribution in [3.05, 3.63) is 53.6 Å². The lowest BCUT2D eigenvalue weighted by atomic mass is 9.99. The molecule has 1 aliphatic heterocycles. The summed E-state index contributed by atoms with van der Waals surface area (Å²) >= 11 is 0. The van der Waals surface area contributed by atoms with Crippen LogP contribution < -0.4 is 4.74 Å². The topological polar surface area (TPSA) is 183 Å². The molecule has 0 saturated carbocycles. The minimum Gasteiger partial charge on any atom is -0.508 e. The quantitative estimate of drug-likeness (QED) is 0.185. The fraction of sp³-hybridized carbons (Fsp3) is 0.304. The van der Waals surface area contributed by atoms with Gasteiger partial charge in [0, 0.05) is 18.2 Å². The number of phenolic OH excluding ortho intramolecular Hbond substituents is 3. The number of ether oxygens (including phenoxy) is 3. The number of Topliss-reactive ketones (excluding diaryl/α,β-unsaturated/α-hetero) is 1. The van der Waals surface area contributed by atoms with E-state index in [-0.39, 0.29) is 17.1 Å². The highest BCUT2D eigenvalue weighted by Crippen LogP contribution is 2.35. The summed E-state index contributed by atoms with van der Waals surface area (Å²) in [5.74, 6) is -2.67. The third kappa shape index (κ3) is 5.83. The van der Waals surface area contributed by atoms with E-state index >= 15 is 0 Å². The van der Waals surface area contributed by atoms with Gasteiger partial charge in [-0.2, -0.15) is 0 Å². The van der Waals surface area contributed by atoms with Crippen LogP contribution in [0.2, 0.25) is 0 Å². The van der Waals surface area contributed by atoms with Crippen molar-refractivity contribution in [2.75, 3.05) is 6.61 Å². The second-order valence-corrected chi connectivity index (χ2v) is 7.58. The van der Waals surface area contributed by atoms with Crippen molar-refractivity contribution in [3.63, 3.8) is 0 Å². The van der Waals surface area contributed by atoms with Crippen LogP contribution in [0.25, 0.3) is 6.08 Å². The van der Waals surface area contributed by atoms with Gasteiger partial charge in [0.1, 0.15) is 59.6 Å².